The lowest BCUT2D eigenvalue weighted by Crippen LogP contribution is -2.32. The molecule has 3 N–H and O–H groups in total. The molecule has 0 saturated heterocycles. The number of benzene rings is 2. The first-order valence-electron chi connectivity index (χ1n) is 10.3. The SMILES string of the molecule is COC(=O)C1=C(C)NC(C)=C(C(=O)OCCc2ccc(N)cc2)C1c1cccc([N+](=O)[O-])c1. The number of nitrogen functional groups attached to an aromatic ring is 1. The van der Waals surface area contributed by atoms with Crippen LogP contribution in [0.1, 0.15) is 30.9 Å². The summed E-state index contributed by atoms with van der Waals surface area (Å²) in [5.41, 5.74) is 8.92. The van der Waals surface area contributed by atoms with Gasteiger partial charge >= 0.3 is 11.9 Å². The lowest BCUT2D eigenvalue weighted by atomic mass is 9.80. The predicted molar refractivity (Wildman–Crippen MR) is 122 cm³/mol. The van der Waals surface area contributed by atoms with E-state index in [1.807, 2.05) is 12.1 Å². The molecule has 33 heavy (non-hydrogen) atoms. The fourth-order valence-electron chi connectivity index (χ4n) is 3.82. The van der Waals surface area contributed by atoms with Gasteiger partial charge in [-0.3, -0.25) is 10.1 Å². The van der Waals surface area contributed by atoms with Gasteiger partial charge in [-0.15, -0.1) is 0 Å². The van der Waals surface area contributed by atoms with E-state index in [2.05, 4.69) is 5.32 Å². The predicted octanol–water partition coefficient (Wildman–Crippen LogP) is 3.37. The fraction of sp³-hybridized carbons (Fsp3) is 0.250. The molecule has 1 aliphatic rings. The second kappa shape index (κ2) is 9.99. The van der Waals surface area contributed by atoms with Crippen molar-refractivity contribution in [1.29, 1.82) is 0 Å². The summed E-state index contributed by atoms with van der Waals surface area (Å²) >= 11 is 0. The largest absolute Gasteiger partial charge is 0.466 e. The molecule has 9 heteroatoms. The van der Waals surface area contributed by atoms with Gasteiger partial charge < -0.3 is 20.5 Å². The zero-order valence-corrected chi connectivity index (χ0v) is 18.6. The van der Waals surface area contributed by atoms with E-state index >= 15 is 0 Å². The molecule has 0 amide bonds. The highest BCUT2D eigenvalue weighted by molar-refractivity contribution is 5.99. The van der Waals surface area contributed by atoms with Crippen molar-refractivity contribution in [3.63, 3.8) is 0 Å². The number of nitrogens with zero attached hydrogens (tertiary/aromatic N) is 1. The van der Waals surface area contributed by atoms with Crippen LogP contribution in [0.4, 0.5) is 11.4 Å². The lowest BCUT2D eigenvalue weighted by molar-refractivity contribution is -0.384. The van der Waals surface area contributed by atoms with E-state index in [1.165, 1.54) is 25.3 Å². The molecule has 2 aromatic rings. The topological polar surface area (TPSA) is 134 Å². The molecule has 0 bridgehead atoms. The Morgan fingerprint density at radius 3 is 2.30 bits per heavy atom. The molecule has 0 radical (unpaired) electrons. The van der Waals surface area contributed by atoms with Gasteiger partial charge in [0.1, 0.15) is 0 Å². The minimum absolute atomic E-state index is 0.109. The van der Waals surface area contributed by atoms with E-state index in [4.69, 9.17) is 15.2 Å². The number of nitro benzene ring substituents is 1. The standard InChI is InChI=1S/C24H25N3O6/c1-14-20(23(28)32-3)22(17-5-4-6-19(13-17)27(30)31)21(15(2)26-14)24(29)33-12-11-16-7-9-18(25)10-8-16/h4-10,13,22,26H,11-12,25H2,1-3H3. The molecular weight excluding hydrogens is 426 g/mol. The summed E-state index contributed by atoms with van der Waals surface area (Å²) in [6, 6.07) is 13.1. The maximum atomic E-state index is 13.2. The van der Waals surface area contributed by atoms with E-state index in [-0.39, 0.29) is 23.4 Å². The summed E-state index contributed by atoms with van der Waals surface area (Å²) < 4.78 is 10.5. The molecule has 0 saturated carbocycles. The number of carbonyl (C=O) groups is 2. The number of ether oxygens (including phenoxy) is 2. The number of allylic oxidation sites excluding steroid dienone is 2. The van der Waals surface area contributed by atoms with Crippen LogP contribution >= 0.6 is 0 Å². The third kappa shape index (κ3) is 5.20. The number of anilines is 1. The van der Waals surface area contributed by atoms with Crippen molar-refractivity contribution in [2.45, 2.75) is 26.2 Å². The van der Waals surface area contributed by atoms with E-state index < -0.39 is 22.8 Å². The van der Waals surface area contributed by atoms with Gasteiger partial charge in [0.25, 0.3) is 5.69 Å². The highest BCUT2D eigenvalue weighted by Crippen LogP contribution is 2.40. The highest BCUT2D eigenvalue weighted by atomic mass is 16.6. The number of non-ortho nitro benzene ring substituents is 1. The summed E-state index contributed by atoms with van der Waals surface area (Å²) in [4.78, 5) is 36.6. The molecule has 1 atom stereocenters. The molecule has 0 fully saturated rings. The van der Waals surface area contributed by atoms with Crippen LogP contribution in [0, 0.1) is 10.1 Å². The Morgan fingerprint density at radius 1 is 1.06 bits per heavy atom. The molecular formula is C24H25N3O6. The smallest absolute Gasteiger partial charge is 0.336 e. The maximum absolute atomic E-state index is 13.2. The Morgan fingerprint density at radius 2 is 1.70 bits per heavy atom. The minimum Gasteiger partial charge on any atom is -0.466 e. The molecule has 1 aliphatic heterocycles. The van der Waals surface area contributed by atoms with Crippen molar-refractivity contribution >= 4 is 23.3 Å². The second-order valence-electron chi connectivity index (χ2n) is 7.61. The monoisotopic (exact) mass is 451 g/mol. The van der Waals surface area contributed by atoms with Gasteiger partial charge in [-0.1, -0.05) is 24.3 Å². The molecule has 9 nitrogen and oxygen atoms in total. The highest BCUT2D eigenvalue weighted by Gasteiger charge is 2.38. The first kappa shape index (κ1) is 23.5. The fourth-order valence-corrected chi connectivity index (χ4v) is 3.82. The van der Waals surface area contributed by atoms with Crippen LogP contribution < -0.4 is 11.1 Å². The van der Waals surface area contributed by atoms with Gasteiger partial charge in [-0.25, -0.2) is 9.59 Å². The molecule has 0 spiro atoms. The van der Waals surface area contributed by atoms with Crippen molar-refractivity contribution in [2.75, 3.05) is 19.5 Å². The number of esters is 2. The number of rotatable bonds is 7. The number of dihydropyridines is 1. The first-order valence-corrected chi connectivity index (χ1v) is 10.3. The Bertz CT molecular complexity index is 1150. The lowest BCUT2D eigenvalue weighted by Gasteiger charge is -2.30. The number of hydrogen-bond donors (Lipinski definition) is 2. The summed E-state index contributed by atoms with van der Waals surface area (Å²) in [5.74, 6) is -2.15. The van der Waals surface area contributed by atoms with Gasteiger partial charge in [-0.05, 0) is 37.1 Å². The molecule has 1 unspecified atom stereocenters. The maximum Gasteiger partial charge on any atom is 0.336 e. The van der Waals surface area contributed by atoms with Crippen LogP contribution in [0.25, 0.3) is 0 Å². The zero-order chi connectivity index (χ0) is 24.1. The third-order valence-corrected chi connectivity index (χ3v) is 5.40. The normalized spacial score (nSPS) is 15.7. The number of nitro groups is 1. The number of nitrogens with two attached hydrogens (primary N) is 1. The molecule has 0 aromatic heterocycles. The number of hydrogen-bond acceptors (Lipinski definition) is 8. The average molecular weight is 451 g/mol. The Labute approximate surface area is 191 Å². The van der Waals surface area contributed by atoms with Crippen molar-refractivity contribution in [3.8, 4) is 0 Å². The quantitative estimate of drug-likeness (QED) is 0.283. The number of carbonyl (C=O) groups excluding carboxylic acids is 2. The van der Waals surface area contributed by atoms with Crippen LogP contribution in [0.15, 0.2) is 71.1 Å². The van der Waals surface area contributed by atoms with Gasteiger partial charge in [0, 0.05) is 35.6 Å². The van der Waals surface area contributed by atoms with Crippen molar-refractivity contribution in [2.24, 2.45) is 0 Å². The van der Waals surface area contributed by atoms with E-state index in [9.17, 15) is 19.7 Å². The van der Waals surface area contributed by atoms with Crippen LogP contribution in [-0.4, -0.2) is 30.6 Å². The van der Waals surface area contributed by atoms with Gasteiger partial charge in [-0.2, -0.15) is 0 Å². The minimum atomic E-state index is -0.886. The number of nitrogens with one attached hydrogen (secondary N) is 1. The summed E-state index contributed by atoms with van der Waals surface area (Å²) in [6.07, 6.45) is 0.478. The van der Waals surface area contributed by atoms with Crippen LogP contribution in [0.5, 0.6) is 0 Å². The number of methoxy groups -OCH3 is 1. The summed E-state index contributed by atoms with van der Waals surface area (Å²) in [7, 11) is 1.24. The zero-order valence-electron chi connectivity index (χ0n) is 18.6. The van der Waals surface area contributed by atoms with E-state index in [0.717, 1.165) is 5.56 Å². The molecule has 3 rings (SSSR count). The molecule has 0 aliphatic carbocycles. The van der Waals surface area contributed by atoms with Gasteiger partial charge in [0.05, 0.1) is 35.7 Å². The molecule has 172 valence electrons. The van der Waals surface area contributed by atoms with Crippen molar-refractivity contribution < 1.29 is 24.0 Å². The molecule has 1 heterocycles. The Kier molecular flexibility index (Phi) is 7.12. The van der Waals surface area contributed by atoms with Gasteiger partial charge in [0.2, 0.25) is 0 Å². The molecule has 2 aromatic carbocycles. The van der Waals surface area contributed by atoms with Crippen molar-refractivity contribution in [1.82, 2.24) is 5.32 Å². The second-order valence-corrected chi connectivity index (χ2v) is 7.61. The van der Waals surface area contributed by atoms with Gasteiger partial charge in [0.15, 0.2) is 0 Å². The Balaban J connectivity index is 1.94. The summed E-state index contributed by atoms with van der Waals surface area (Å²) in [6.45, 7) is 3.49. The Hall–Kier alpha value is -4.14. The van der Waals surface area contributed by atoms with E-state index in [1.54, 1.807) is 32.0 Å². The summed E-state index contributed by atoms with van der Waals surface area (Å²) in [5, 5.41) is 14.4. The van der Waals surface area contributed by atoms with Crippen LogP contribution in [0.3, 0.4) is 0 Å². The van der Waals surface area contributed by atoms with Crippen LogP contribution in [0.2, 0.25) is 0 Å². The average Bonchev–Trinajstić information content (AvgIpc) is 2.79. The van der Waals surface area contributed by atoms with Crippen molar-refractivity contribution in [3.05, 3.63) is 92.3 Å². The first-order chi connectivity index (χ1) is 15.7. The third-order valence-electron chi connectivity index (χ3n) is 5.40. The van der Waals surface area contributed by atoms with Crippen LogP contribution in [-0.2, 0) is 25.5 Å². The van der Waals surface area contributed by atoms with E-state index in [0.29, 0.717) is 29.1 Å².